The predicted octanol–water partition coefficient (Wildman–Crippen LogP) is 5.04. The summed E-state index contributed by atoms with van der Waals surface area (Å²) in [6.45, 7) is 0. The predicted molar refractivity (Wildman–Crippen MR) is 108 cm³/mol. The highest BCUT2D eigenvalue weighted by Gasteiger charge is 2.28. The van der Waals surface area contributed by atoms with Gasteiger partial charge in [0.1, 0.15) is 5.75 Å². The van der Waals surface area contributed by atoms with Crippen LogP contribution in [0, 0.1) is 0 Å². The van der Waals surface area contributed by atoms with Crippen molar-refractivity contribution in [1.29, 1.82) is 0 Å². The molecule has 6 heteroatoms. The van der Waals surface area contributed by atoms with Crippen LogP contribution in [0.15, 0.2) is 87.7 Å². The standard InChI is InChI=1S/C21H17N3O2S/c1-26-16-11-12-20-18(13-16)24(17-9-5-6-10-19(17)27-20)21(25)23-22-14-15-7-3-2-4-8-15/h2-14H,1H3,(H,23,25)/b22-14+. The second-order valence-electron chi connectivity index (χ2n) is 5.82. The Kier molecular flexibility index (Phi) is 4.80. The van der Waals surface area contributed by atoms with Gasteiger partial charge in [-0.1, -0.05) is 54.2 Å². The van der Waals surface area contributed by atoms with Crippen molar-refractivity contribution in [2.24, 2.45) is 5.10 Å². The van der Waals surface area contributed by atoms with Crippen molar-refractivity contribution in [3.8, 4) is 5.75 Å². The van der Waals surface area contributed by atoms with Crippen LogP contribution in [0.5, 0.6) is 5.75 Å². The van der Waals surface area contributed by atoms with E-state index >= 15 is 0 Å². The number of benzene rings is 3. The van der Waals surface area contributed by atoms with Crippen LogP contribution >= 0.6 is 11.8 Å². The van der Waals surface area contributed by atoms with Gasteiger partial charge >= 0.3 is 6.03 Å². The number of urea groups is 1. The molecule has 1 heterocycles. The summed E-state index contributed by atoms with van der Waals surface area (Å²) in [6.07, 6.45) is 1.62. The molecule has 3 aromatic carbocycles. The number of ether oxygens (including phenoxy) is 1. The van der Waals surface area contributed by atoms with Gasteiger partial charge in [0.05, 0.1) is 24.7 Å². The van der Waals surface area contributed by atoms with Gasteiger partial charge in [-0.3, -0.25) is 4.90 Å². The van der Waals surface area contributed by atoms with Crippen molar-refractivity contribution in [2.75, 3.05) is 12.0 Å². The Hall–Kier alpha value is -3.25. The van der Waals surface area contributed by atoms with Gasteiger partial charge in [0.25, 0.3) is 0 Å². The Balaban J connectivity index is 1.66. The van der Waals surface area contributed by atoms with E-state index in [1.165, 1.54) is 0 Å². The maximum absolute atomic E-state index is 13.0. The molecule has 0 saturated heterocycles. The summed E-state index contributed by atoms with van der Waals surface area (Å²) >= 11 is 1.63. The van der Waals surface area contributed by atoms with E-state index in [4.69, 9.17) is 4.74 Å². The number of carbonyl (C=O) groups is 1. The molecule has 0 aromatic heterocycles. The molecule has 134 valence electrons. The Morgan fingerprint density at radius 3 is 2.56 bits per heavy atom. The van der Waals surface area contributed by atoms with E-state index in [-0.39, 0.29) is 6.03 Å². The van der Waals surface area contributed by atoms with E-state index in [0.29, 0.717) is 5.75 Å². The topological polar surface area (TPSA) is 53.9 Å². The molecule has 1 N–H and O–H groups in total. The molecule has 0 aliphatic carbocycles. The maximum atomic E-state index is 13.0. The lowest BCUT2D eigenvalue weighted by atomic mass is 10.2. The minimum Gasteiger partial charge on any atom is -0.497 e. The molecule has 1 aliphatic heterocycles. The Bertz CT molecular complexity index is 1010. The maximum Gasteiger partial charge on any atom is 0.346 e. The number of hydrogen-bond acceptors (Lipinski definition) is 4. The van der Waals surface area contributed by atoms with Crippen molar-refractivity contribution in [3.63, 3.8) is 0 Å². The lowest BCUT2D eigenvalue weighted by molar-refractivity contribution is 0.249. The third kappa shape index (κ3) is 3.52. The SMILES string of the molecule is COc1ccc2c(c1)N(C(=O)N/N=C/c1ccccc1)c1ccccc1S2. The molecule has 0 atom stereocenters. The van der Waals surface area contributed by atoms with Gasteiger partial charge < -0.3 is 4.74 Å². The zero-order valence-corrected chi connectivity index (χ0v) is 15.4. The first-order valence-electron chi connectivity index (χ1n) is 8.39. The fraction of sp³-hybridized carbons (Fsp3) is 0.0476. The number of hydrazone groups is 1. The third-order valence-electron chi connectivity index (χ3n) is 4.11. The van der Waals surface area contributed by atoms with Crippen LogP contribution < -0.4 is 15.1 Å². The van der Waals surface area contributed by atoms with Gasteiger partial charge in [0.2, 0.25) is 0 Å². The van der Waals surface area contributed by atoms with Crippen LogP contribution in [-0.2, 0) is 0 Å². The van der Waals surface area contributed by atoms with Crippen LogP contribution in [0.25, 0.3) is 0 Å². The summed E-state index contributed by atoms with van der Waals surface area (Å²) in [5, 5.41) is 4.10. The van der Waals surface area contributed by atoms with Crippen LogP contribution in [0.1, 0.15) is 5.56 Å². The number of anilines is 2. The monoisotopic (exact) mass is 375 g/mol. The van der Waals surface area contributed by atoms with Gasteiger partial charge in [-0.05, 0) is 29.8 Å². The molecule has 0 saturated carbocycles. The number of methoxy groups -OCH3 is 1. The van der Waals surface area contributed by atoms with Crippen LogP contribution in [-0.4, -0.2) is 19.4 Å². The second-order valence-corrected chi connectivity index (χ2v) is 6.91. The van der Waals surface area contributed by atoms with Crippen molar-refractivity contribution >= 4 is 35.4 Å². The van der Waals surface area contributed by atoms with Crippen LogP contribution in [0.2, 0.25) is 0 Å². The molecule has 0 unspecified atom stereocenters. The zero-order valence-electron chi connectivity index (χ0n) is 14.6. The number of carbonyl (C=O) groups excluding carboxylic acids is 1. The van der Waals surface area contributed by atoms with Gasteiger partial charge in [-0.25, -0.2) is 10.2 Å². The number of hydrogen-bond donors (Lipinski definition) is 1. The van der Waals surface area contributed by atoms with Crippen molar-refractivity contribution in [1.82, 2.24) is 5.43 Å². The van der Waals surface area contributed by atoms with E-state index in [1.807, 2.05) is 72.8 Å². The minimum absolute atomic E-state index is 0.329. The average Bonchev–Trinajstić information content (AvgIpc) is 2.72. The summed E-state index contributed by atoms with van der Waals surface area (Å²) in [7, 11) is 1.61. The molecule has 1 aliphatic rings. The summed E-state index contributed by atoms with van der Waals surface area (Å²) < 4.78 is 5.34. The lowest BCUT2D eigenvalue weighted by Crippen LogP contribution is -2.35. The molecule has 2 amide bonds. The summed E-state index contributed by atoms with van der Waals surface area (Å²) in [5.41, 5.74) is 5.12. The highest BCUT2D eigenvalue weighted by atomic mass is 32.2. The van der Waals surface area contributed by atoms with Crippen molar-refractivity contribution < 1.29 is 9.53 Å². The summed E-state index contributed by atoms with van der Waals surface area (Å²) in [4.78, 5) is 16.6. The molecule has 3 aromatic rings. The number of para-hydroxylation sites is 1. The highest BCUT2D eigenvalue weighted by Crippen LogP contribution is 2.49. The first-order valence-corrected chi connectivity index (χ1v) is 9.21. The lowest BCUT2D eigenvalue weighted by Gasteiger charge is -2.30. The zero-order chi connectivity index (χ0) is 18.6. The molecule has 27 heavy (non-hydrogen) atoms. The average molecular weight is 375 g/mol. The molecule has 0 radical (unpaired) electrons. The fourth-order valence-electron chi connectivity index (χ4n) is 2.83. The van der Waals surface area contributed by atoms with Gasteiger partial charge in [0.15, 0.2) is 0 Å². The number of nitrogens with one attached hydrogen (secondary N) is 1. The summed E-state index contributed by atoms with van der Waals surface area (Å²) in [5.74, 6) is 0.694. The normalized spacial score (nSPS) is 12.4. The molecular formula is C21H17N3O2S. The minimum atomic E-state index is -0.329. The Morgan fingerprint density at radius 1 is 1.00 bits per heavy atom. The van der Waals surface area contributed by atoms with E-state index in [1.54, 1.807) is 30.0 Å². The molecule has 0 bridgehead atoms. The quantitative estimate of drug-likeness (QED) is 0.515. The molecule has 5 nitrogen and oxygen atoms in total. The highest BCUT2D eigenvalue weighted by molar-refractivity contribution is 7.99. The van der Waals surface area contributed by atoms with E-state index in [9.17, 15) is 4.79 Å². The van der Waals surface area contributed by atoms with E-state index < -0.39 is 0 Å². The van der Waals surface area contributed by atoms with Gasteiger partial charge in [-0.2, -0.15) is 5.10 Å². The number of fused-ring (bicyclic) bond motifs is 2. The molecule has 4 rings (SSSR count). The van der Waals surface area contributed by atoms with Gasteiger partial charge in [-0.15, -0.1) is 0 Å². The number of nitrogens with zero attached hydrogens (tertiary/aromatic N) is 2. The van der Waals surface area contributed by atoms with Crippen LogP contribution in [0.4, 0.5) is 16.2 Å². The number of amides is 2. The summed E-state index contributed by atoms with van der Waals surface area (Å²) in [6, 6.07) is 22.8. The fourth-order valence-corrected chi connectivity index (χ4v) is 3.87. The number of rotatable bonds is 3. The molecular weight excluding hydrogens is 358 g/mol. The molecule has 0 fully saturated rings. The Morgan fingerprint density at radius 2 is 1.74 bits per heavy atom. The van der Waals surface area contributed by atoms with Crippen LogP contribution in [0.3, 0.4) is 0 Å². The van der Waals surface area contributed by atoms with E-state index in [2.05, 4.69) is 10.5 Å². The molecule has 0 spiro atoms. The van der Waals surface area contributed by atoms with Gasteiger partial charge in [0, 0.05) is 15.9 Å². The second kappa shape index (κ2) is 7.55. The van der Waals surface area contributed by atoms with Crippen molar-refractivity contribution in [2.45, 2.75) is 9.79 Å². The largest absolute Gasteiger partial charge is 0.497 e. The van der Waals surface area contributed by atoms with Crippen molar-refractivity contribution in [3.05, 3.63) is 78.4 Å². The first-order chi connectivity index (χ1) is 13.3. The van der Waals surface area contributed by atoms with E-state index in [0.717, 1.165) is 26.7 Å². The third-order valence-corrected chi connectivity index (χ3v) is 5.24. The Labute approximate surface area is 161 Å². The smallest absolute Gasteiger partial charge is 0.346 e. The first kappa shape index (κ1) is 17.2.